The van der Waals surface area contributed by atoms with Gasteiger partial charge in [-0.25, -0.2) is 9.07 Å². The molecule has 0 radical (unpaired) electrons. The van der Waals surface area contributed by atoms with E-state index in [9.17, 15) is 22.4 Å². The summed E-state index contributed by atoms with van der Waals surface area (Å²) in [7, 11) is 0. The van der Waals surface area contributed by atoms with Gasteiger partial charge in [0.05, 0.1) is 29.6 Å². The van der Waals surface area contributed by atoms with Gasteiger partial charge in [0.25, 0.3) is 0 Å². The molecule has 0 saturated heterocycles. The zero-order valence-corrected chi connectivity index (χ0v) is 12.2. The van der Waals surface area contributed by atoms with Crippen LogP contribution in [-0.4, -0.2) is 15.7 Å². The Morgan fingerprint density at radius 2 is 2.12 bits per heavy atom. The Morgan fingerprint density at radius 3 is 2.67 bits per heavy atom. The second-order valence-corrected chi connectivity index (χ2v) is 4.75. The van der Waals surface area contributed by atoms with Crippen LogP contribution < -0.4 is 5.32 Å². The zero-order chi connectivity index (χ0) is 17.9. The van der Waals surface area contributed by atoms with Gasteiger partial charge in [-0.3, -0.25) is 4.79 Å². The van der Waals surface area contributed by atoms with Crippen LogP contribution in [-0.2, 0) is 11.0 Å². The van der Waals surface area contributed by atoms with Crippen molar-refractivity contribution >= 4 is 17.3 Å². The average molecular weight is 338 g/mol. The lowest BCUT2D eigenvalue weighted by Gasteiger charge is -2.11. The fourth-order valence-electron chi connectivity index (χ4n) is 1.88. The molecular weight excluding hydrogens is 328 g/mol. The van der Waals surface area contributed by atoms with Crippen molar-refractivity contribution in [3.63, 3.8) is 0 Å². The van der Waals surface area contributed by atoms with Crippen molar-refractivity contribution in [2.45, 2.75) is 13.1 Å². The summed E-state index contributed by atoms with van der Waals surface area (Å²) in [5.41, 5.74) is -1.54. The number of carbonyl (C=O) groups excluding carboxylic acids is 1. The molecule has 2 rings (SSSR count). The smallest absolute Gasteiger partial charge is 0.322 e. The molecule has 0 atom stereocenters. The van der Waals surface area contributed by atoms with Crippen LogP contribution >= 0.6 is 0 Å². The molecular formula is C15H10F4N4O. The largest absolute Gasteiger partial charge is 0.417 e. The zero-order valence-electron chi connectivity index (χ0n) is 12.2. The van der Waals surface area contributed by atoms with Crippen molar-refractivity contribution in [3.8, 4) is 6.07 Å². The van der Waals surface area contributed by atoms with E-state index < -0.39 is 29.0 Å². The molecule has 0 aliphatic rings. The summed E-state index contributed by atoms with van der Waals surface area (Å²) in [6, 6.07) is 4.27. The Morgan fingerprint density at radius 1 is 1.42 bits per heavy atom. The first-order chi connectivity index (χ1) is 11.2. The Labute approximate surface area is 133 Å². The number of benzene rings is 1. The molecule has 1 aromatic heterocycles. The quantitative estimate of drug-likeness (QED) is 0.689. The number of hydrogen-bond donors (Lipinski definition) is 1. The number of nitrogens with zero attached hydrogens (tertiary/aromatic N) is 3. The summed E-state index contributed by atoms with van der Waals surface area (Å²) in [6.07, 6.45) is -1.67. The lowest BCUT2D eigenvalue weighted by atomic mass is 10.1. The minimum Gasteiger partial charge on any atom is -0.322 e. The maximum Gasteiger partial charge on any atom is 0.417 e. The summed E-state index contributed by atoms with van der Waals surface area (Å²) in [5.74, 6) is -1.31. The summed E-state index contributed by atoms with van der Waals surface area (Å²) in [4.78, 5) is 11.8. The third-order valence-corrected chi connectivity index (χ3v) is 2.97. The summed E-state index contributed by atoms with van der Waals surface area (Å²) < 4.78 is 52.6. The van der Waals surface area contributed by atoms with Gasteiger partial charge in [0.1, 0.15) is 0 Å². The maximum atomic E-state index is 12.9. The Bertz CT molecular complexity index is 846. The highest BCUT2D eigenvalue weighted by Crippen LogP contribution is 2.33. The van der Waals surface area contributed by atoms with Crippen LogP contribution in [0.15, 0.2) is 36.7 Å². The van der Waals surface area contributed by atoms with Crippen LogP contribution in [0.1, 0.15) is 18.1 Å². The van der Waals surface area contributed by atoms with Gasteiger partial charge in [-0.15, -0.1) is 0 Å². The highest BCUT2D eigenvalue weighted by atomic mass is 19.4. The summed E-state index contributed by atoms with van der Waals surface area (Å²) >= 11 is 0. The number of carbonyl (C=O) groups is 1. The first-order valence-corrected chi connectivity index (χ1v) is 6.52. The summed E-state index contributed by atoms with van der Waals surface area (Å²) in [6.45, 7) is 1.48. The SMILES string of the molecule is C/C(=C\C(=O)Nc1ccc(C#N)c(C(F)(F)F)c1)n1cc(F)cn1. The van der Waals surface area contributed by atoms with Crippen LogP contribution in [0.25, 0.3) is 5.70 Å². The van der Waals surface area contributed by atoms with Crippen molar-refractivity contribution in [1.29, 1.82) is 5.26 Å². The van der Waals surface area contributed by atoms with E-state index in [1.807, 2.05) is 0 Å². The van der Waals surface area contributed by atoms with Crippen molar-refractivity contribution < 1.29 is 22.4 Å². The molecule has 5 nitrogen and oxygen atoms in total. The third kappa shape index (κ3) is 3.98. The van der Waals surface area contributed by atoms with Crippen LogP contribution in [0.3, 0.4) is 0 Å². The number of amides is 1. The van der Waals surface area contributed by atoms with Crippen molar-refractivity contribution in [3.05, 3.63) is 53.6 Å². The molecule has 1 N–H and O–H groups in total. The minimum absolute atomic E-state index is 0.123. The molecule has 0 bridgehead atoms. The molecule has 1 aromatic carbocycles. The van der Waals surface area contributed by atoms with Crippen LogP contribution in [0.2, 0.25) is 0 Å². The fourth-order valence-corrected chi connectivity index (χ4v) is 1.88. The number of halogens is 4. The van der Waals surface area contributed by atoms with Gasteiger partial charge in [0, 0.05) is 17.5 Å². The third-order valence-electron chi connectivity index (χ3n) is 2.97. The fraction of sp³-hybridized carbons (Fsp3) is 0.133. The minimum atomic E-state index is -4.72. The van der Waals surface area contributed by atoms with Gasteiger partial charge in [-0.2, -0.15) is 23.5 Å². The average Bonchev–Trinajstić information content (AvgIpc) is 2.93. The predicted molar refractivity (Wildman–Crippen MR) is 76.9 cm³/mol. The molecule has 0 spiro atoms. The number of anilines is 1. The normalized spacial score (nSPS) is 11.9. The van der Waals surface area contributed by atoms with Crippen LogP contribution in [0.5, 0.6) is 0 Å². The molecule has 0 aliphatic heterocycles. The second-order valence-electron chi connectivity index (χ2n) is 4.75. The van der Waals surface area contributed by atoms with E-state index >= 15 is 0 Å². The van der Waals surface area contributed by atoms with Crippen LogP contribution in [0.4, 0.5) is 23.2 Å². The Balaban J connectivity index is 2.22. The first kappa shape index (κ1) is 17.2. The van der Waals surface area contributed by atoms with E-state index in [4.69, 9.17) is 5.26 Å². The number of rotatable bonds is 3. The number of aromatic nitrogens is 2. The molecule has 1 amide bonds. The standard InChI is InChI=1S/C15H10F4N4O/c1-9(23-8-11(16)7-21-23)4-14(24)22-12-3-2-10(6-20)13(5-12)15(17,18)19/h2-5,7-8H,1H3,(H,22,24)/b9-4+. The number of allylic oxidation sites excluding steroid dienone is 1. The van der Waals surface area contributed by atoms with Crippen LogP contribution in [0, 0.1) is 17.1 Å². The van der Waals surface area contributed by atoms with E-state index in [1.54, 1.807) is 0 Å². The molecule has 24 heavy (non-hydrogen) atoms. The predicted octanol–water partition coefficient (Wildman–Crippen LogP) is 3.41. The second kappa shape index (κ2) is 6.54. The van der Waals surface area contributed by atoms with E-state index in [2.05, 4.69) is 10.4 Å². The van der Waals surface area contributed by atoms with Gasteiger partial charge in [-0.05, 0) is 25.1 Å². The van der Waals surface area contributed by atoms with Gasteiger partial charge in [-0.1, -0.05) is 0 Å². The van der Waals surface area contributed by atoms with Gasteiger partial charge >= 0.3 is 6.18 Å². The monoisotopic (exact) mass is 338 g/mol. The molecule has 0 aliphatic carbocycles. The molecule has 1 heterocycles. The first-order valence-electron chi connectivity index (χ1n) is 6.52. The van der Waals surface area contributed by atoms with Crippen molar-refractivity contribution in [1.82, 2.24) is 9.78 Å². The molecule has 0 fully saturated rings. The van der Waals surface area contributed by atoms with E-state index in [0.717, 1.165) is 29.2 Å². The van der Waals surface area contributed by atoms with Gasteiger partial charge < -0.3 is 5.32 Å². The van der Waals surface area contributed by atoms with Crippen molar-refractivity contribution in [2.75, 3.05) is 5.32 Å². The molecule has 2 aromatic rings. The number of nitriles is 1. The topological polar surface area (TPSA) is 70.7 Å². The Hall–Kier alpha value is -3.15. The maximum absolute atomic E-state index is 12.9. The van der Waals surface area contributed by atoms with E-state index in [0.29, 0.717) is 6.07 Å². The van der Waals surface area contributed by atoms with E-state index in [-0.39, 0.29) is 11.4 Å². The highest BCUT2D eigenvalue weighted by molar-refractivity contribution is 6.02. The molecule has 9 heteroatoms. The number of nitrogens with one attached hydrogen (secondary N) is 1. The summed E-state index contributed by atoms with van der Waals surface area (Å²) in [5, 5.41) is 14.6. The number of alkyl halides is 3. The van der Waals surface area contributed by atoms with E-state index in [1.165, 1.54) is 19.1 Å². The highest BCUT2D eigenvalue weighted by Gasteiger charge is 2.33. The Kier molecular flexibility index (Phi) is 4.69. The van der Waals surface area contributed by atoms with Crippen molar-refractivity contribution in [2.24, 2.45) is 0 Å². The van der Waals surface area contributed by atoms with Gasteiger partial charge in [0.2, 0.25) is 5.91 Å². The lowest BCUT2D eigenvalue weighted by Crippen LogP contribution is -2.13. The molecule has 0 saturated carbocycles. The lowest BCUT2D eigenvalue weighted by molar-refractivity contribution is -0.137. The molecule has 0 unspecified atom stereocenters. The molecule has 124 valence electrons. The van der Waals surface area contributed by atoms with Gasteiger partial charge in [0.15, 0.2) is 5.82 Å². The number of hydrogen-bond acceptors (Lipinski definition) is 3.